The molecule has 0 radical (unpaired) electrons. The number of fused-ring (bicyclic) bond motifs is 1. The maximum Gasteiger partial charge on any atom is 0.243 e. The van der Waals surface area contributed by atoms with Gasteiger partial charge < -0.3 is 14.8 Å². The second-order valence-electron chi connectivity index (χ2n) is 8.49. The Morgan fingerprint density at radius 3 is 2.91 bits per heavy atom. The van der Waals surface area contributed by atoms with Crippen LogP contribution in [0.4, 0.5) is 5.95 Å². The minimum Gasteiger partial charge on any atom is -0.483 e. The number of nitrogens with zero attached hydrogens (tertiary/aromatic N) is 5. The molecule has 0 bridgehead atoms. The van der Waals surface area contributed by atoms with Gasteiger partial charge in [-0.05, 0) is 18.4 Å². The third-order valence-corrected chi connectivity index (χ3v) is 7.36. The second-order valence-corrected chi connectivity index (χ2v) is 10.5. The molecule has 0 spiro atoms. The fourth-order valence-electron chi connectivity index (χ4n) is 4.29. The highest BCUT2D eigenvalue weighted by molar-refractivity contribution is 7.88. The molecule has 172 valence electrons. The number of nitrogens with one attached hydrogen (secondary N) is 2. The number of piperidine rings is 1. The molecule has 3 atom stereocenters. The monoisotopic (exact) mass is 461 g/mol. The van der Waals surface area contributed by atoms with Crippen molar-refractivity contribution in [2.75, 3.05) is 37.9 Å². The molecule has 0 saturated carbocycles. The predicted molar refractivity (Wildman–Crippen MR) is 118 cm³/mol. The van der Waals surface area contributed by atoms with Crippen LogP contribution in [0.15, 0.2) is 24.7 Å². The third kappa shape index (κ3) is 4.17. The van der Waals surface area contributed by atoms with Gasteiger partial charge in [-0.15, -0.1) is 5.10 Å². The van der Waals surface area contributed by atoms with Crippen LogP contribution in [0, 0.1) is 5.92 Å². The van der Waals surface area contributed by atoms with Crippen LogP contribution in [0.5, 0.6) is 5.75 Å². The molecular formula is C20H27N7O4S. The van der Waals surface area contributed by atoms with Crippen molar-refractivity contribution in [3.63, 3.8) is 0 Å². The molecule has 2 aliphatic heterocycles. The first-order valence-corrected chi connectivity index (χ1v) is 12.6. The van der Waals surface area contributed by atoms with E-state index in [1.54, 1.807) is 10.7 Å². The molecule has 0 aromatic carbocycles. The highest BCUT2D eigenvalue weighted by Crippen LogP contribution is 2.35. The van der Waals surface area contributed by atoms with Gasteiger partial charge in [0, 0.05) is 49.1 Å². The summed E-state index contributed by atoms with van der Waals surface area (Å²) < 4.78 is 38.8. The van der Waals surface area contributed by atoms with Gasteiger partial charge in [-0.2, -0.15) is 10.1 Å². The third-order valence-electron chi connectivity index (χ3n) is 6.09. The van der Waals surface area contributed by atoms with E-state index in [1.807, 2.05) is 25.4 Å². The Balaban J connectivity index is 1.43. The van der Waals surface area contributed by atoms with Crippen molar-refractivity contribution in [1.82, 2.24) is 29.1 Å². The summed E-state index contributed by atoms with van der Waals surface area (Å²) in [6, 6.07) is 2.01. The van der Waals surface area contributed by atoms with Gasteiger partial charge in [-0.1, -0.05) is 6.92 Å². The van der Waals surface area contributed by atoms with Crippen LogP contribution in [0.3, 0.4) is 0 Å². The van der Waals surface area contributed by atoms with E-state index in [-0.39, 0.29) is 18.1 Å². The van der Waals surface area contributed by atoms with Crippen LogP contribution in [-0.4, -0.2) is 82.2 Å². The number of sulfonamides is 1. The fourth-order valence-corrected chi connectivity index (χ4v) is 5.23. The molecule has 3 aromatic rings. The average Bonchev–Trinajstić information content (AvgIpc) is 3.50. The molecule has 3 unspecified atom stereocenters. The van der Waals surface area contributed by atoms with Gasteiger partial charge in [-0.3, -0.25) is 5.10 Å². The van der Waals surface area contributed by atoms with Crippen molar-refractivity contribution in [2.24, 2.45) is 5.92 Å². The van der Waals surface area contributed by atoms with Crippen molar-refractivity contribution in [3.05, 3.63) is 24.7 Å². The molecule has 12 heteroatoms. The molecule has 0 aliphatic carbocycles. The average molecular weight is 462 g/mol. The zero-order valence-electron chi connectivity index (χ0n) is 18.1. The molecular weight excluding hydrogens is 434 g/mol. The summed E-state index contributed by atoms with van der Waals surface area (Å²) in [7, 11) is -3.18. The van der Waals surface area contributed by atoms with Crippen molar-refractivity contribution in [1.29, 1.82) is 0 Å². The molecule has 0 amide bonds. The van der Waals surface area contributed by atoms with E-state index < -0.39 is 10.0 Å². The predicted octanol–water partition coefficient (Wildman–Crippen LogP) is 1.37. The summed E-state index contributed by atoms with van der Waals surface area (Å²) in [6.45, 7) is 4.22. The summed E-state index contributed by atoms with van der Waals surface area (Å²) >= 11 is 0. The number of rotatable bonds is 6. The largest absolute Gasteiger partial charge is 0.483 e. The summed E-state index contributed by atoms with van der Waals surface area (Å²) in [6.07, 6.45) is 8.14. The summed E-state index contributed by atoms with van der Waals surface area (Å²) in [4.78, 5) is 4.73. The van der Waals surface area contributed by atoms with E-state index in [2.05, 4.69) is 20.6 Å². The summed E-state index contributed by atoms with van der Waals surface area (Å²) in [5.41, 5.74) is 2.40. The van der Waals surface area contributed by atoms with Crippen molar-refractivity contribution in [3.8, 4) is 16.9 Å². The first-order chi connectivity index (χ1) is 15.4. The van der Waals surface area contributed by atoms with E-state index in [0.717, 1.165) is 17.5 Å². The number of hydrogen-bond donors (Lipinski definition) is 2. The lowest BCUT2D eigenvalue weighted by molar-refractivity contribution is 0.142. The lowest BCUT2D eigenvalue weighted by atomic mass is 9.95. The Labute approximate surface area is 186 Å². The standard InChI is InChI=1S/C20H27N7O4S/c1-13-11-26(32(2,28)29)6-4-17(13)23-20-24-19-18(31-15-5-8-30-12-15)16(3-7-27(19)25-20)14-9-21-22-10-14/h3,7,9-10,13,15,17H,4-6,8,11-12H2,1-2H3,(H,21,22)(H,23,25). The molecule has 5 heterocycles. The van der Waals surface area contributed by atoms with Gasteiger partial charge in [0.05, 0.1) is 25.7 Å². The van der Waals surface area contributed by atoms with E-state index in [4.69, 9.17) is 14.5 Å². The normalized spacial score (nSPS) is 24.8. The lowest BCUT2D eigenvalue weighted by Crippen LogP contribution is -2.47. The Morgan fingerprint density at radius 2 is 2.22 bits per heavy atom. The topological polar surface area (TPSA) is 127 Å². The van der Waals surface area contributed by atoms with Gasteiger partial charge in [0.2, 0.25) is 16.0 Å². The number of aromatic nitrogens is 5. The smallest absolute Gasteiger partial charge is 0.243 e. The van der Waals surface area contributed by atoms with Crippen LogP contribution in [-0.2, 0) is 14.8 Å². The Kier molecular flexibility index (Phi) is 5.51. The molecule has 11 nitrogen and oxygen atoms in total. The quantitative estimate of drug-likeness (QED) is 0.564. The number of H-pyrrole nitrogens is 1. The number of anilines is 1. The molecule has 2 fully saturated rings. The number of hydrogen-bond acceptors (Lipinski definition) is 8. The number of ether oxygens (including phenoxy) is 2. The first kappa shape index (κ1) is 21.2. The van der Waals surface area contributed by atoms with Crippen LogP contribution in [0.2, 0.25) is 0 Å². The van der Waals surface area contributed by atoms with Crippen molar-refractivity contribution in [2.45, 2.75) is 31.9 Å². The maximum atomic E-state index is 11.9. The molecule has 2 aliphatic rings. The highest BCUT2D eigenvalue weighted by Gasteiger charge is 2.31. The zero-order chi connectivity index (χ0) is 22.3. The van der Waals surface area contributed by atoms with Gasteiger partial charge in [0.1, 0.15) is 6.10 Å². The van der Waals surface area contributed by atoms with E-state index in [0.29, 0.717) is 50.1 Å². The Bertz CT molecular complexity index is 1190. The van der Waals surface area contributed by atoms with Crippen molar-refractivity contribution >= 4 is 21.6 Å². The van der Waals surface area contributed by atoms with Crippen LogP contribution in [0.25, 0.3) is 16.8 Å². The van der Waals surface area contributed by atoms with Crippen LogP contribution in [0.1, 0.15) is 19.8 Å². The van der Waals surface area contributed by atoms with Gasteiger partial charge in [0.25, 0.3) is 0 Å². The van der Waals surface area contributed by atoms with Gasteiger partial charge >= 0.3 is 0 Å². The second kappa shape index (κ2) is 8.34. The fraction of sp³-hybridized carbons (Fsp3) is 0.550. The first-order valence-electron chi connectivity index (χ1n) is 10.7. The van der Waals surface area contributed by atoms with Crippen LogP contribution >= 0.6 is 0 Å². The minimum absolute atomic E-state index is 0.0414. The number of pyridine rings is 1. The van der Waals surface area contributed by atoms with E-state index in [1.165, 1.54) is 10.6 Å². The van der Waals surface area contributed by atoms with E-state index in [9.17, 15) is 8.42 Å². The Morgan fingerprint density at radius 1 is 1.34 bits per heavy atom. The summed E-state index contributed by atoms with van der Waals surface area (Å²) in [5.74, 6) is 1.26. The molecule has 3 aromatic heterocycles. The summed E-state index contributed by atoms with van der Waals surface area (Å²) in [5, 5.41) is 14.9. The Hall–Kier alpha value is -2.70. The highest BCUT2D eigenvalue weighted by atomic mass is 32.2. The lowest BCUT2D eigenvalue weighted by Gasteiger charge is -2.35. The zero-order valence-corrected chi connectivity index (χ0v) is 18.9. The van der Waals surface area contributed by atoms with Gasteiger partial charge in [0.15, 0.2) is 11.4 Å². The number of aromatic amines is 1. The van der Waals surface area contributed by atoms with E-state index >= 15 is 0 Å². The molecule has 2 N–H and O–H groups in total. The molecule has 5 rings (SSSR count). The molecule has 32 heavy (non-hydrogen) atoms. The SMILES string of the molecule is CC1CN(S(C)(=O)=O)CCC1Nc1nc2c(OC3CCOC3)c(-c3cn[nH]c3)ccn2n1. The minimum atomic E-state index is -3.18. The maximum absolute atomic E-state index is 11.9. The van der Waals surface area contributed by atoms with Crippen LogP contribution < -0.4 is 10.1 Å². The van der Waals surface area contributed by atoms with Gasteiger partial charge in [-0.25, -0.2) is 17.2 Å². The van der Waals surface area contributed by atoms with Crippen molar-refractivity contribution < 1.29 is 17.9 Å². The molecule has 2 saturated heterocycles.